The molecule has 94 valence electrons. The van der Waals surface area contributed by atoms with Crippen molar-refractivity contribution in [3.63, 3.8) is 0 Å². The summed E-state index contributed by atoms with van der Waals surface area (Å²) in [7, 11) is 0. The highest BCUT2D eigenvalue weighted by Crippen LogP contribution is 1.99. The predicted molar refractivity (Wildman–Crippen MR) is 73.0 cm³/mol. The minimum Gasteiger partial charge on any atom is -0.196 e. The third-order valence-corrected chi connectivity index (χ3v) is 2.32. The summed E-state index contributed by atoms with van der Waals surface area (Å²) in [4.78, 5) is 0. The maximum atomic E-state index is 13.1. The van der Waals surface area contributed by atoms with E-state index >= 15 is 0 Å². The molecule has 0 amide bonds. The number of hydrogen-bond acceptors (Lipinski definition) is 0. The van der Waals surface area contributed by atoms with Gasteiger partial charge in [-0.1, -0.05) is 57.3 Å². The molecule has 0 aliphatic carbocycles. The van der Waals surface area contributed by atoms with Crippen LogP contribution in [0.2, 0.25) is 0 Å². The summed E-state index contributed by atoms with van der Waals surface area (Å²) in [5.74, 6) is 10.5. The van der Waals surface area contributed by atoms with E-state index in [9.17, 15) is 4.39 Å². The van der Waals surface area contributed by atoms with Crippen molar-refractivity contribution in [3.8, 4) is 23.7 Å². The van der Waals surface area contributed by atoms with Gasteiger partial charge in [0.2, 0.25) is 0 Å². The molecule has 0 aliphatic rings. The number of unbranched alkanes of at least 4 members (excludes halogenated alkanes) is 6. The van der Waals surface area contributed by atoms with Crippen molar-refractivity contribution in [2.45, 2.75) is 65.2 Å². The van der Waals surface area contributed by atoms with Crippen LogP contribution in [-0.4, -0.2) is 0 Å². The Morgan fingerprint density at radius 3 is 2.12 bits per heavy atom. The first kappa shape index (κ1) is 15.8. The van der Waals surface area contributed by atoms with Gasteiger partial charge in [-0.15, -0.1) is 0 Å². The Bertz CT molecular complexity index is 317. The third kappa shape index (κ3) is 12.7. The lowest BCUT2D eigenvalue weighted by Crippen LogP contribution is -1.72. The number of rotatable bonds is 6. The zero-order chi connectivity index (χ0) is 12.8. The fraction of sp³-hybridized carbons (Fsp3) is 0.625. The zero-order valence-electron chi connectivity index (χ0n) is 11.1. The molecule has 0 aromatic heterocycles. The van der Waals surface area contributed by atoms with Crippen LogP contribution in [0.1, 0.15) is 65.2 Å². The smallest absolute Gasteiger partial charge is 0.181 e. The second-order valence-electron chi connectivity index (χ2n) is 4.03. The van der Waals surface area contributed by atoms with Gasteiger partial charge in [0.25, 0.3) is 0 Å². The average molecular weight is 234 g/mol. The molecule has 0 nitrogen and oxygen atoms in total. The molecule has 0 aliphatic heterocycles. The Morgan fingerprint density at radius 2 is 1.53 bits per heavy atom. The van der Waals surface area contributed by atoms with Crippen molar-refractivity contribution in [2.24, 2.45) is 0 Å². The standard InChI is InChI=1S/C16H23F/c1-3-5-7-9-11-13-15-16(17)14-12-10-8-6-4-2/h15H,3-10H2,1-2H3/b16-15-. The van der Waals surface area contributed by atoms with Crippen LogP contribution < -0.4 is 0 Å². The monoisotopic (exact) mass is 234 g/mol. The highest BCUT2D eigenvalue weighted by atomic mass is 19.1. The fourth-order valence-corrected chi connectivity index (χ4v) is 1.30. The Kier molecular flexibility index (Phi) is 11.9. The first-order valence-electron chi connectivity index (χ1n) is 6.64. The maximum absolute atomic E-state index is 13.1. The molecule has 0 aromatic rings. The van der Waals surface area contributed by atoms with Gasteiger partial charge in [0, 0.05) is 18.9 Å². The van der Waals surface area contributed by atoms with Gasteiger partial charge in [-0.3, -0.25) is 0 Å². The number of hydrogen-bond donors (Lipinski definition) is 0. The Balaban J connectivity index is 3.76. The average Bonchev–Trinajstić information content (AvgIpc) is 2.33. The van der Waals surface area contributed by atoms with Crippen molar-refractivity contribution >= 4 is 0 Å². The van der Waals surface area contributed by atoms with Crippen LogP contribution in [-0.2, 0) is 0 Å². The first-order valence-corrected chi connectivity index (χ1v) is 6.64. The van der Waals surface area contributed by atoms with E-state index < -0.39 is 5.83 Å². The van der Waals surface area contributed by atoms with Crippen molar-refractivity contribution in [1.82, 2.24) is 0 Å². The van der Waals surface area contributed by atoms with Gasteiger partial charge < -0.3 is 0 Å². The molecule has 0 saturated carbocycles. The van der Waals surface area contributed by atoms with Crippen LogP contribution in [0.3, 0.4) is 0 Å². The van der Waals surface area contributed by atoms with Gasteiger partial charge in [-0.05, 0) is 18.8 Å². The molecular formula is C16H23F. The summed E-state index contributed by atoms with van der Waals surface area (Å²) >= 11 is 0. The molecule has 0 bridgehead atoms. The van der Waals surface area contributed by atoms with E-state index in [1.165, 1.54) is 25.3 Å². The lowest BCUT2D eigenvalue weighted by molar-refractivity contribution is 0.675. The van der Waals surface area contributed by atoms with Crippen molar-refractivity contribution in [2.75, 3.05) is 0 Å². The Hall–Kier alpha value is -1.21. The van der Waals surface area contributed by atoms with Crippen LogP contribution in [0.15, 0.2) is 11.9 Å². The van der Waals surface area contributed by atoms with Crippen LogP contribution in [0.25, 0.3) is 0 Å². The second-order valence-corrected chi connectivity index (χ2v) is 4.03. The van der Waals surface area contributed by atoms with E-state index in [1.807, 2.05) is 0 Å². The summed E-state index contributed by atoms with van der Waals surface area (Å²) in [6.45, 7) is 4.29. The summed E-state index contributed by atoms with van der Waals surface area (Å²) < 4.78 is 13.1. The molecule has 0 spiro atoms. The van der Waals surface area contributed by atoms with Crippen LogP contribution in [0.4, 0.5) is 4.39 Å². The SMILES string of the molecule is CCCCCC#C/C=C(\F)C#CCCCCC. The molecular weight excluding hydrogens is 211 g/mol. The highest BCUT2D eigenvalue weighted by Gasteiger charge is 1.85. The minimum absolute atomic E-state index is 0.413. The van der Waals surface area contributed by atoms with E-state index in [0.717, 1.165) is 32.1 Å². The van der Waals surface area contributed by atoms with Crippen LogP contribution in [0, 0.1) is 23.7 Å². The van der Waals surface area contributed by atoms with E-state index in [4.69, 9.17) is 0 Å². The molecule has 0 atom stereocenters. The second kappa shape index (κ2) is 12.9. The summed E-state index contributed by atoms with van der Waals surface area (Å²) in [5.41, 5.74) is 0. The van der Waals surface area contributed by atoms with Gasteiger partial charge >= 0.3 is 0 Å². The van der Waals surface area contributed by atoms with E-state index in [0.29, 0.717) is 0 Å². The first-order chi connectivity index (χ1) is 8.31. The van der Waals surface area contributed by atoms with Crippen molar-refractivity contribution in [1.29, 1.82) is 0 Å². The van der Waals surface area contributed by atoms with Gasteiger partial charge in [0.1, 0.15) is 0 Å². The number of halogens is 1. The minimum atomic E-state index is -0.413. The normalized spacial score (nSPS) is 10.2. The van der Waals surface area contributed by atoms with Crippen molar-refractivity contribution < 1.29 is 4.39 Å². The highest BCUT2D eigenvalue weighted by molar-refractivity contribution is 5.30. The quantitative estimate of drug-likeness (QED) is 0.448. The largest absolute Gasteiger partial charge is 0.196 e. The maximum Gasteiger partial charge on any atom is 0.181 e. The Morgan fingerprint density at radius 1 is 0.941 bits per heavy atom. The van der Waals surface area contributed by atoms with E-state index in [2.05, 4.69) is 37.5 Å². The van der Waals surface area contributed by atoms with Crippen molar-refractivity contribution in [3.05, 3.63) is 11.9 Å². The molecule has 0 radical (unpaired) electrons. The molecule has 0 fully saturated rings. The molecule has 0 saturated heterocycles. The van der Waals surface area contributed by atoms with E-state index in [1.54, 1.807) is 0 Å². The van der Waals surface area contributed by atoms with Gasteiger partial charge in [0.05, 0.1) is 0 Å². The predicted octanol–water partition coefficient (Wildman–Crippen LogP) is 5.01. The molecule has 0 N–H and O–H groups in total. The van der Waals surface area contributed by atoms with Crippen LogP contribution in [0.5, 0.6) is 0 Å². The molecule has 0 aromatic carbocycles. The lowest BCUT2D eigenvalue weighted by atomic mass is 10.2. The Labute approximate surface area is 106 Å². The van der Waals surface area contributed by atoms with Gasteiger partial charge in [0.15, 0.2) is 5.83 Å². The summed E-state index contributed by atoms with van der Waals surface area (Å²) in [6.07, 6.45) is 9.77. The van der Waals surface area contributed by atoms with Gasteiger partial charge in [-0.25, -0.2) is 0 Å². The topological polar surface area (TPSA) is 0 Å². The van der Waals surface area contributed by atoms with Crippen LogP contribution >= 0.6 is 0 Å². The molecule has 0 rings (SSSR count). The van der Waals surface area contributed by atoms with E-state index in [-0.39, 0.29) is 0 Å². The molecule has 0 heterocycles. The lowest BCUT2D eigenvalue weighted by Gasteiger charge is -1.88. The number of allylic oxidation sites excluding steroid dienone is 2. The van der Waals surface area contributed by atoms with Gasteiger partial charge in [-0.2, -0.15) is 4.39 Å². The summed E-state index contributed by atoms with van der Waals surface area (Å²) in [6, 6.07) is 0. The summed E-state index contributed by atoms with van der Waals surface area (Å²) in [5, 5.41) is 0. The molecule has 1 heteroatoms. The third-order valence-electron chi connectivity index (χ3n) is 2.32. The zero-order valence-corrected chi connectivity index (χ0v) is 11.1. The molecule has 17 heavy (non-hydrogen) atoms. The fourth-order valence-electron chi connectivity index (χ4n) is 1.30. The molecule has 0 unspecified atom stereocenters.